The summed E-state index contributed by atoms with van der Waals surface area (Å²) in [7, 11) is 0. The van der Waals surface area contributed by atoms with Crippen molar-refractivity contribution in [1.29, 1.82) is 0 Å². The number of rotatable bonds is 8. The van der Waals surface area contributed by atoms with Gasteiger partial charge in [0, 0.05) is 25.7 Å². The zero-order valence-electron chi connectivity index (χ0n) is 16.4. The van der Waals surface area contributed by atoms with E-state index in [1.165, 1.54) is 18.2 Å². The lowest BCUT2D eigenvalue weighted by atomic mass is 10.1. The maximum absolute atomic E-state index is 14.1. The molecule has 0 radical (unpaired) electrons. The lowest BCUT2D eigenvalue weighted by Gasteiger charge is -2.32. The Bertz CT molecular complexity index is 611. The topological polar surface area (TPSA) is 48.9 Å². The number of aliphatic imine (C=N–C) groups is 1. The van der Waals surface area contributed by atoms with Crippen LogP contribution < -0.4 is 15.4 Å². The highest BCUT2D eigenvalue weighted by molar-refractivity contribution is 14.0. The molecule has 28 heavy (non-hydrogen) atoms. The number of guanidine groups is 1. The normalized spacial score (nSPS) is 16.0. The molecule has 1 saturated heterocycles. The number of nitrogens with one attached hydrogen (secondary N) is 2. The van der Waals surface area contributed by atoms with Crippen LogP contribution in [-0.2, 0) is 6.54 Å². The number of piperidine rings is 1. The second-order valence-electron chi connectivity index (χ2n) is 6.55. The first-order valence-electron chi connectivity index (χ1n) is 9.52. The Kier molecular flexibility index (Phi) is 11.6. The molecule has 0 amide bonds. The van der Waals surface area contributed by atoms with Crippen molar-refractivity contribution in [2.24, 2.45) is 4.99 Å². The molecule has 1 aromatic rings. The monoisotopic (exact) mass is 514 g/mol. The lowest BCUT2D eigenvalue weighted by molar-refractivity contribution is -0.0506. The second-order valence-corrected chi connectivity index (χ2v) is 6.55. The number of benzene rings is 1. The summed E-state index contributed by atoms with van der Waals surface area (Å²) < 4.78 is 43.6. The van der Waals surface area contributed by atoms with Gasteiger partial charge in [0.15, 0.2) is 5.96 Å². The molecule has 0 saturated carbocycles. The minimum absolute atomic E-state index is 0. The van der Waals surface area contributed by atoms with E-state index < -0.39 is 12.4 Å². The number of hydrogen-bond acceptors (Lipinski definition) is 3. The molecule has 1 fully saturated rings. The summed E-state index contributed by atoms with van der Waals surface area (Å²) in [6.45, 7) is 4.85. The highest BCUT2D eigenvalue weighted by Gasteiger charge is 2.19. The minimum atomic E-state index is -3.01. The van der Waals surface area contributed by atoms with Crippen molar-refractivity contribution in [3.63, 3.8) is 0 Å². The molecule has 0 aliphatic carbocycles. The lowest BCUT2D eigenvalue weighted by Crippen LogP contribution is -2.48. The molecule has 2 N–H and O–H groups in total. The maximum Gasteiger partial charge on any atom is 0.387 e. The largest absolute Gasteiger partial charge is 0.434 e. The first-order chi connectivity index (χ1) is 13.0. The van der Waals surface area contributed by atoms with Crippen LogP contribution in [-0.4, -0.2) is 49.7 Å². The zero-order valence-corrected chi connectivity index (χ0v) is 18.7. The van der Waals surface area contributed by atoms with Crippen molar-refractivity contribution in [3.8, 4) is 5.75 Å². The van der Waals surface area contributed by atoms with Crippen molar-refractivity contribution in [3.05, 3.63) is 29.6 Å². The van der Waals surface area contributed by atoms with Gasteiger partial charge < -0.3 is 20.3 Å². The Morgan fingerprint density at radius 3 is 2.61 bits per heavy atom. The smallest absolute Gasteiger partial charge is 0.387 e. The Hall–Kier alpha value is -1.23. The molecule has 1 aliphatic heterocycles. The average Bonchev–Trinajstić information content (AvgIpc) is 2.62. The van der Waals surface area contributed by atoms with E-state index in [0.717, 1.165) is 38.9 Å². The Morgan fingerprint density at radius 1 is 1.29 bits per heavy atom. The van der Waals surface area contributed by atoms with Crippen molar-refractivity contribution >= 4 is 29.9 Å². The number of likely N-dealkylation sites (tertiary alicyclic amines) is 1. The van der Waals surface area contributed by atoms with E-state index >= 15 is 0 Å². The van der Waals surface area contributed by atoms with Gasteiger partial charge in [0.05, 0.1) is 12.1 Å². The Labute approximate surface area is 182 Å². The van der Waals surface area contributed by atoms with Crippen LogP contribution in [0.1, 0.15) is 38.7 Å². The van der Waals surface area contributed by atoms with Gasteiger partial charge in [-0.25, -0.2) is 9.38 Å². The van der Waals surface area contributed by atoms with E-state index in [0.29, 0.717) is 12.5 Å². The van der Waals surface area contributed by atoms with E-state index in [9.17, 15) is 13.2 Å². The number of nitrogens with zero attached hydrogens (tertiary/aromatic N) is 2. The van der Waals surface area contributed by atoms with Crippen LogP contribution in [0.4, 0.5) is 13.2 Å². The van der Waals surface area contributed by atoms with Crippen LogP contribution >= 0.6 is 24.0 Å². The summed E-state index contributed by atoms with van der Waals surface area (Å²) in [5, 5.41) is 6.50. The number of alkyl halides is 2. The minimum Gasteiger partial charge on any atom is -0.434 e. The van der Waals surface area contributed by atoms with Crippen LogP contribution in [0.5, 0.6) is 5.75 Å². The van der Waals surface area contributed by atoms with Gasteiger partial charge in [0.2, 0.25) is 0 Å². The predicted octanol–water partition coefficient (Wildman–Crippen LogP) is 3.97. The third kappa shape index (κ3) is 8.02. The van der Waals surface area contributed by atoms with Gasteiger partial charge in [-0.2, -0.15) is 8.78 Å². The van der Waals surface area contributed by atoms with Crippen molar-refractivity contribution in [1.82, 2.24) is 15.5 Å². The van der Waals surface area contributed by atoms with E-state index in [1.54, 1.807) is 0 Å². The molecule has 0 aromatic heterocycles. The fourth-order valence-corrected chi connectivity index (χ4v) is 3.19. The van der Waals surface area contributed by atoms with Crippen LogP contribution in [0.3, 0.4) is 0 Å². The molecular weight excluding hydrogens is 484 g/mol. The average molecular weight is 514 g/mol. The first-order valence-corrected chi connectivity index (χ1v) is 9.52. The Morgan fingerprint density at radius 2 is 2.00 bits per heavy atom. The number of hydrogen-bond donors (Lipinski definition) is 2. The fourth-order valence-electron chi connectivity index (χ4n) is 3.19. The van der Waals surface area contributed by atoms with E-state index in [2.05, 4.69) is 32.2 Å². The van der Waals surface area contributed by atoms with Crippen molar-refractivity contribution in [2.45, 2.75) is 52.3 Å². The van der Waals surface area contributed by atoms with Gasteiger partial charge in [-0.15, -0.1) is 24.0 Å². The predicted molar refractivity (Wildman–Crippen MR) is 116 cm³/mol. The molecule has 0 unspecified atom stereocenters. The first kappa shape index (κ1) is 24.8. The fraction of sp³-hybridized carbons (Fsp3) is 0.632. The summed E-state index contributed by atoms with van der Waals surface area (Å²) in [5.74, 6) is -0.240. The summed E-state index contributed by atoms with van der Waals surface area (Å²) in [5.41, 5.74) is 0.0211. The van der Waals surface area contributed by atoms with Gasteiger partial charge in [-0.05, 0) is 44.9 Å². The van der Waals surface area contributed by atoms with Crippen molar-refractivity contribution < 1.29 is 17.9 Å². The standard InChI is InChI=1S/C19H29F3N4O.HI/c1-3-10-26-11-8-14(9-12-26)25-19(23-4-2)24-13-15-16(20)6-5-7-17(15)27-18(21)22;/h5-7,14,18H,3-4,8-13H2,1-2H3,(H2,23,24,25);1H. The number of halogens is 4. The van der Waals surface area contributed by atoms with E-state index in [4.69, 9.17) is 0 Å². The third-order valence-corrected chi connectivity index (χ3v) is 4.50. The Balaban J connectivity index is 0.00000392. The highest BCUT2D eigenvalue weighted by atomic mass is 127. The maximum atomic E-state index is 14.1. The van der Waals surface area contributed by atoms with Gasteiger partial charge in [-0.1, -0.05) is 13.0 Å². The summed E-state index contributed by atoms with van der Waals surface area (Å²) in [6.07, 6.45) is 3.15. The molecule has 1 aliphatic rings. The van der Waals surface area contributed by atoms with Crippen LogP contribution in [0.2, 0.25) is 0 Å². The van der Waals surface area contributed by atoms with E-state index in [1.807, 2.05) is 6.92 Å². The highest BCUT2D eigenvalue weighted by Crippen LogP contribution is 2.24. The van der Waals surface area contributed by atoms with Gasteiger partial charge in [0.1, 0.15) is 11.6 Å². The van der Waals surface area contributed by atoms with Crippen molar-refractivity contribution in [2.75, 3.05) is 26.2 Å². The van der Waals surface area contributed by atoms with Gasteiger partial charge in [0.25, 0.3) is 0 Å². The number of ether oxygens (including phenoxy) is 1. The van der Waals surface area contributed by atoms with Gasteiger partial charge in [-0.3, -0.25) is 0 Å². The molecule has 5 nitrogen and oxygen atoms in total. The second kappa shape index (κ2) is 13.1. The SMILES string of the molecule is CCCN1CCC(NC(=NCc2c(F)cccc2OC(F)F)NCC)CC1.I. The summed E-state index contributed by atoms with van der Waals surface area (Å²) >= 11 is 0. The molecule has 0 atom stereocenters. The quantitative estimate of drug-likeness (QED) is 0.313. The molecule has 160 valence electrons. The van der Waals surface area contributed by atoms with Crippen LogP contribution in [0, 0.1) is 5.82 Å². The third-order valence-electron chi connectivity index (χ3n) is 4.50. The van der Waals surface area contributed by atoms with E-state index in [-0.39, 0.29) is 47.9 Å². The van der Waals surface area contributed by atoms with Crippen LogP contribution in [0.25, 0.3) is 0 Å². The molecule has 0 bridgehead atoms. The molecule has 9 heteroatoms. The summed E-state index contributed by atoms with van der Waals surface area (Å²) in [4.78, 5) is 6.82. The molecule has 1 aromatic carbocycles. The molecule has 0 spiro atoms. The van der Waals surface area contributed by atoms with Crippen LogP contribution in [0.15, 0.2) is 23.2 Å². The molecule has 1 heterocycles. The summed E-state index contributed by atoms with van der Waals surface area (Å²) in [6, 6.07) is 4.17. The zero-order chi connectivity index (χ0) is 19.6. The molecular formula is C19H30F3IN4O. The van der Waals surface area contributed by atoms with Gasteiger partial charge >= 0.3 is 6.61 Å². The molecule has 2 rings (SSSR count).